The van der Waals surface area contributed by atoms with E-state index in [9.17, 15) is 4.79 Å². The third kappa shape index (κ3) is 1.59. The number of nitrogens with zero attached hydrogens (tertiary/aromatic N) is 2. The Hall–Kier alpha value is -2.06. The van der Waals surface area contributed by atoms with Crippen molar-refractivity contribution in [2.45, 2.75) is 6.54 Å². The first-order valence-corrected chi connectivity index (χ1v) is 4.92. The number of hydrogen-bond donors (Lipinski definition) is 0. The van der Waals surface area contributed by atoms with E-state index in [0.29, 0.717) is 6.54 Å². The van der Waals surface area contributed by atoms with Gasteiger partial charge in [-0.2, -0.15) is 0 Å². The van der Waals surface area contributed by atoms with Gasteiger partial charge in [-0.05, 0) is 12.1 Å². The van der Waals surface area contributed by atoms with Crippen molar-refractivity contribution in [2.24, 2.45) is 12.0 Å². The number of isocyanates is 1. The van der Waals surface area contributed by atoms with Gasteiger partial charge in [-0.1, -0.05) is 6.07 Å². The predicted molar refractivity (Wildman–Crippen MR) is 61.3 cm³/mol. The van der Waals surface area contributed by atoms with E-state index >= 15 is 0 Å². The number of benzene rings is 1. The molecule has 2 rings (SSSR count). The fourth-order valence-electron chi connectivity index (χ4n) is 1.85. The van der Waals surface area contributed by atoms with E-state index in [1.807, 2.05) is 36.0 Å². The zero-order valence-corrected chi connectivity index (χ0v) is 9.23. The molecule has 1 aromatic heterocycles. The van der Waals surface area contributed by atoms with Gasteiger partial charge >= 0.3 is 0 Å². The highest BCUT2D eigenvalue weighted by Gasteiger charge is 2.09. The van der Waals surface area contributed by atoms with Gasteiger partial charge in [0.1, 0.15) is 5.75 Å². The molecule has 0 N–H and O–H groups in total. The molecule has 0 atom stereocenters. The van der Waals surface area contributed by atoms with Crippen LogP contribution in [0.4, 0.5) is 0 Å². The van der Waals surface area contributed by atoms with Gasteiger partial charge in [-0.25, -0.2) is 9.79 Å². The molecule has 82 valence electrons. The quantitative estimate of drug-likeness (QED) is 0.582. The molecule has 0 aliphatic rings. The van der Waals surface area contributed by atoms with Crippen molar-refractivity contribution in [1.29, 1.82) is 0 Å². The number of carbonyl (C=O) groups excluding carboxylic acids is 1. The molecule has 0 aliphatic carbocycles. The van der Waals surface area contributed by atoms with Crippen molar-refractivity contribution in [2.75, 3.05) is 7.11 Å². The monoisotopic (exact) mass is 216 g/mol. The second-order valence-electron chi connectivity index (χ2n) is 3.52. The lowest BCUT2D eigenvalue weighted by atomic mass is 10.1. The lowest BCUT2D eigenvalue weighted by Crippen LogP contribution is -1.93. The molecule has 0 saturated heterocycles. The zero-order valence-electron chi connectivity index (χ0n) is 9.23. The van der Waals surface area contributed by atoms with Crippen molar-refractivity contribution < 1.29 is 9.53 Å². The van der Waals surface area contributed by atoms with Crippen molar-refractivity contribution in [1.82, 2.24) is 4.57 Å². The van der Waals surface area contributed by atoms with Crippen LogP contribution in [0.25, 0.3) is 10.9 Å². The fraction of sp³-hybridized carbons (Fsp3) is 0.250. The summed E-state index contributed by atoms with van der Waals surface area (Å²) in [6.07, 6.45) is 3.51. The lowest BCUT2D eigenvalue weighted by Gasteiger charge is -2.08. The number of aryl methyl sites for hydroxylation is 1. The molecule has 0 aliphatic heterocycles. The average molecular weight is 216 g/mol. The highest BCUT2D eigenvalue weighted by atomic mass is 16.5. The van der Waals surface area contributed by atoms with Gasteiger partial charge in [0, 0.05) is 24.2 Å². The Balaban J connectivity index is 2.62. The summed E-state index contributed by atoms with van der Waals surface area (Å²) in [6, 6.07) is 5.90. The van der Waals surface area contributed by atoms with E-state index in [-0.39, 0.29) is 0 Å². The number of aromatic nitrogens is 1. The maximum Gasteiger partial charge on any atom is 0.235 e. The summed E-state index contributed by atoms with van der Waals surface area (Å²) >= 11 is 0. The van der Waals surface area contributed by atoms with E-state index in [1.54, 1.807) is 7.11 Å². The smallest absolute Gasteiger partial charge is 0.235 e. The van der Waals surface area contributed by atoms with Crippen molar-refractivity contribution >= 4 is 17.0 Å². The summed E-state index contributed by atoms with van der Waals surface area (Å²) in [7, 11) is 3.60. The number of ether oxygens (including phenoxy) is 1. The number of hydrogen-bond acceptors (Lipinski definition) is 3. The molecular weight excluding hydrogens is 204 g/mol. The van der Waals surface area contributed by atoms with Crippen molar-refractivity contribution in [3.05, 3.63) is 30.0 Å². The molecule has 2 aromatic rings. The largest absolute Gasteiger partial charge is 0.496 e. The molecule has 0 spiro atoms. The molecule has 4 nitrogen and oxygen atoms in total. The zero-order chi connectivity index (χ0) is 11.5. The SMILES string of the molecule is COc1c(CN=C=O)ccc2c1ccn2C. The predicted octanol–water partition coefficient (Wildman–Crippen LogP) is 2.02. The summed E-state index contributed by atoms with van der Waals surface area (Å²) in [5.41, 5.74) is 1.99. The highest BCUT2D eigenvalue weighted by molar-refractivity contribution is 5.87. The molecule has 0 amide bonds. The van der Waals surface area contributed by atoms with E-state index in [0.717, 1.165) is 22.2 Å². The first kappa shape index (κ1) is 10.5. The van der Waals surface area contributed by atoms with E-state index in [2.05, 4.69) is 4.99 Å². The van der Waals surface area contributed by atoms with Gasteiger partial charge in [0.15, 0.2) is 0 Å². The lowest BCUT2D eigenvalue weighted by molar-refractivity contribution is 0.415. The van der Waals surface area contributed by atoms with Crippen LogP contribution in [-0.4, -0.2) is 17.8 Å². The Morgan fingerprint density at radius 1 is 1.44 bits per heavy atom. The van der Waals surface area contributed by atoms with Gasteiger partial charge < -0.3 is 9.30 Å². The van der Waals surface area contributed by atoms with Crippen LogP contribution >= 0.6 is 0 Å². The summed E-state index contributed by atoms with van der Waals surface area (Å²) in [6.45, 7) is 0.303. The van der Waals surface area contributed by atoms with Gasteiger partial charge in [-0.3, -0.25) is 0 Å². The Labute approximate surface area is 93.2 Å². The van der Waals surface area contributed by atoms with Crippen molar-refractivity contribution in [3.8, 4) is 5.75 Å². The molecule has 0 fully saturated rings. The minimum Gasteiger partial charge on any atom is -0.496 e. The van der Waals surface area contributed by atoms with Crippen LogP contribution in [0.2, 0.25) is 0 Å². The summed E-state index contributed by atoms with van der Waals surface area (Å²) in [5, 5.41) is 1.03. The molecule has 0 bridgehead atoms. The number of rotatable bonds is 3. The number of fused-ring (bicyclic) bond motifs is 1. The summed E-state index contributed by atoms with van der Waals surface area (Å²) < 4.78 is 7.38. The van der Waals surface area contributed by atoms with Crippen LogP contribution in [-0.2, 0) is 18.4 Å². The molecule has 0 unspecified atom stereocenters. The maximum atomic E-state index is 10.1. The van der Waals surface area contributed by atoms with Crippen molar-refractivity contribution in [3.63, 3.8) is 0 Å². The maximum absolute atomic E-state index is 10.1. The highest BCUT2D eigenvalue weighted by Crippen LogP contribution is 2.30. The van der Waals surface area contributed by atoms with Crippen LogP contribution in [0.1, 0.15) is 5.56 Å². The second kappa shape index (κ2) is 4.21. The first-order chi connectivity index (χ1) is 7.77. The standard InChI is InChI=1S/C12H12N2O2/c1-14-6-5-10-11(14)4-3-9(7-13-8-15)12(10)16-2/h3-6H,7H2,1-2H3. The summed E-state index contributed by atoms with van der Waals surface area (Å²) in [5.74, 6) is 0.775. The van der Waals surface area contributed by atoms with E-state index in [4.69, 9.17) is 4.74 Å². The van der Waals surface area contributed by atoms with Crippen LogP contribution in [0.5, 0.6) is 5.75 Å². The Kier molecular flexibility index (Phi) is 2.75. The normalized spacial score (nSPS) is 10.1. The van der Waals surface area contributed by atoms with Crippen LogP contribution < -0.4 is 4.74 Å². The van der Waals surface area contributed by atoms with Gasteiger partial charge in [-0.15, -0.1) is 0 Å². The Morgan fingerprint density at radius 2 is 2.25 bits per heavy atom. The third-order valence-electron chi connectivity index (χ3n) is 2.62. The van der Waals surface area contributed by atoms with Crippen LogP contribution in [0.15, 0.2) is 29.4 Å². The number of aliphatic imine (C=N–C) groups is 1. The van der Waals surface area contributed by atoms with Crippen LogP contribution in [0, 0.1) is 0 Å². The molecule has 4 heteroatoms. The number of methoxy groups -OCH3 is 1. The molecule has 0 radical (unpaired) electrons. The third-order valence-corrected chi connectivity index (χ3v) is 2.62. The molecule has 16 heavy (non-hydrogen) atoms. The topological polar surface area (TPSA) is 43.6 Å². The minimum atomic E-state index is 0.303. The molecular formula is C12H12N2O2. The minimum absolute atomic E-state index is 0.303. The summed E-state index contributed by atoms with van der Waals surface area (Å²) in [4.78, 5) is 13.7. The van der Waals surface area contributed by atoms with E-state index in [1.165, 1.54) is 6.08 Å². The molecule has 0 saturated carbocycles. The van der Waals surface area contributed by atoms with Gasteiger partial charge in [0.05, 0.1) is 19.2 Å². The first-order valence-electron chi connectivity index (χ1n) is 4.92. The Bertz CT molecular complexity index is 566. The van der Waals surface area contributed by atoms with E-state index < -0.39 is 0 Å². The fourth-order valence-corrected chi connectivity index (χ4v) is 1.85. The Morgan fingerprint density at radius 3 is 2.94 bits per heavy atom. The molecule has 1 aromatic carbocycles. The van der Waals surface area contributed by atoms with Crippen LogP contribution in [0.3, 0.4) is 0 Å². The van der Waals surface area contributed by atoms with Gasteiger partial charge in [0.25, 0.3) is 0 Å². The second-order valence-corrected chi connectivity index (χ2v) is 3.52. The van der Waals surface area contributed by atoms with Gasteiger partial charge in [0.2, 0.25) is 6.08 Å². The average Bonchev–Trinajstić information content (AvgIpc) is 2.68. The molecule has 1 heterocycles.